The minimum Gasteiger partial charge on any atom is -0.446 e. The normalized spacial score (nSPS) is 9.53. The van der Waals surface area contributed by atoms with Gasteiger partial charge in [0.1, 0.15) is 0 Å². The molecule has 0 fully saturated rings. The fourth-order valence-electron chi connectivity index (χ4n) is 1.87. The van der Waals surface area contributed by atoms with Gasteiger partial charge in [-0.3, -0.25) is 0 Å². The number of ether oxygens (including phenoxy) is 1. The molecule has 0 bridgehead atoms. The standard InChI is InChI=1S/C10H14.C6H9N2O/c1-7-5-8(2)10(4)9(3)6-7;1-9-6-4-2-3-5-8(6)7/h5-6H,1-4H3;2-5H,7H2,1H3/q;+1. The Hall–Kier alpha value is -2.03. The topological polar surface area (TPSA) is 39.1 Å². The van der Waals surface area contributed by atoms with Crippen molar-refractivity contribution in [2.24, 2.45) is 0 Å². The van der Waals surface area contributed by atoms with Crippen LogP contribution in [0.15, 0.2) is 36.5 Å². The van der Waals surface area contributed by atoms with Crippen LogP contribution in [0.25, 0.3) is 0 Å². The molecule has 3 heteroatoms. The molecule has 0 radical (unpaired) electrons. The molecule has 0 unspecified atom stereocenters. The smallest absolute Gasteiger partial charge is 0.396 e. The molecule has 0 atom stereocenters. The maximum Gasteiger partial charge on any atom is 0.396 e. The maximum absolute atomic E-state index is 5.42. The molecule has 0 amide bonds. The van der Waals surface area contributed by atoms with Gasteiger partial charge in [-0.2, -0.15) is 0 Å². The number of aromatic nitrogens is 1. The molecule has 1 aromatic heterocycles. The van der Waals surface area contributed by atoms with Crippen LogP contribution in [0.4, 0.5) is 0 Å². The third-order valence-electron chi connectivity index (χ3n) is 3.13. The van der Waals surface area contributed by atoms with E-state index >= 15 is 0 Å². The van der Waals surface area contributed by atoms with Gasteiger partial charge in [0.2, 0.25) is 6.20 Å². The summed E-state index contributed by atoms with van der Waals surface area (Å²) in [6.45, 7) is 8.63. The highest BCUT2D eigenvalue weighted by Gasteiger charge is 2.01. The molecule has 0 spiro atoms. The predicted molar refractivity (Wildman–Crippen MR) is 78.7 cm³/mol. The Morgan fingerprint density at radius 1 is 1.00 bits per heavy atom. The van der Waals surface area contributed by atoms with Gasteiger partial charge in [-0.05, 0) is 50.5 Å². The molecule has 0 saturated heterocycles. The lowest BCUT2D eigenvalue weighted by molar-refractivity contribution is -0.644. The van der Waals surface area contributed by atoms with Crippen molar-refractivity contribution >= 4 is 0 Å². The monoisotopic (exact) mass is 259 g/mol. The van der Waals surface area contributed by atoms with Crippen LogP contribution in [0.2, 0.25) is 0 Å². The molecule has 102 valence electrons. The van der Waals surface area contributed by atoms with Crippen LogP contribution >= 0.6 is 0 Å². The summed E-state index contributed by atoms with van der Waals surface area (Å²) < 4.78 is 6.30. The van der Waals surface area contributed by atoms with E-state index in [2.05, 4.69) is 39.8 Å². The lowest BCUT2D eigenvalue weighted by atomic mass is 10.0. The lowest BCUT2D eigenvalue weighted by Crippen LogP contribution is -2.44. The van der Waals surface area contributed by atoms with Gasteiger partial charge < -0.3 is 4.74 Å². The van der Waals surface area contributed by atoms with Crippen molar-refractivity contribution in [3.8, 4) is 5.88 Å². The Bertz CT molecular complexity index is 527. The molecule has 1 heterocycles. The van der Waals surface area contributed by atoms with E-state index in [9.17, 15) is 0 Å². The van der Waals surface area contributed by atoms with Crippen LogP contribution in [-0.4, -0.2) is 7.11 Å². The second-order valence-corrected chi connectivity index (χ2v) is 4.67. The molecule has 2 rings (SSSR count). The van der Waals surface area contributed by atoms with Gasteiger partial charge in [-0.15, -0.1) is 0 Å². The van der Waals surface area contributed by atoms with Crippen LogP contribution in [0.5, 0.6) is 5.88 Å². The Morgan fingerprint density at radius 3 is 2.00 bits per heavy atom. The van der Waals surface area contributed by atoms with Gasteiger partial charge in [0, 0.05) is 6.07 Å². The summed E-state index contributed by atoms with van der Waals surface area (Å²) in [5.41, 5.74) is 5.58. The van der Waals surface area contributed by atoms with E-state index in [1.807, 2.05) is 12.1 Å². The number of benzene rings is 1. The maximum atomic E-state index is 5.42. The highest BCUT2D eigenvalue weighted by Crippen LogP contribution is 2.13. The van der Waals surface area contributed by atoms with Crippen LogP contribution < -0.4 is 15.3 Å². The second kappa shape index (κ2) is 6.78. The number of nitrogens with two attached hydrogens (primary N) is 1. The summed E-state index contributed by atoms with van der Waals surface area (Å²) in [6, 6.07) is 9.94. The number of pyridine rings is 1. The van der Waals surface area contributed by atoms with Gasteiger partial charge in [0.25, 0.3) is 0 Å². The molecular weight excluding hydrogens is 236 g/mol. The van der Waals surface area contributed by atoms with E-state index < -0.39 is 0 Å². The van der Waals surface area contributed by atoms with Gasteiger partial charge in [0.05, 0.1) is 13.2 Å². The summed E-state index contributed by atoms with van der Waals surface area (Å²) in [4.78, 5) is 0. The average molecular weight is 259 g/mol. The fourth-order valence-corrected chi connectivity index (χ4v) is 1.87. The fraction of sp³-hybridized carbons (Fsp3) is 0.312. The molecule has 0 aliphatic carbocycles. The van der Waals surface area contributed by atoms with Crippen LogP contribution in [0.3, 0.4) is 0 Å². The number of nitrogen functional groups attached to an aromatic ring is 1. The third kappa shape index (κ3) is 4.28. The van der Waals surface area contributed by atoms with E-state index in [4.69, 9.17) is 10.6 Å². The lowest BCUT2D eigenvalue weighted by Gasteiger charge is -2.04. The number of rotatable bonds is 1. The first kappa shape index (κ1) is 15.0. The van der Waals surface area contributed by atoms with Crippen molar-refractivity contribution < 1.29 is 9.41 Å². The molecule has 19 heavy (non-hydrogen) atoms. The average Bonchev–Trinajstić information content (AvgIpc) is 2.37. The summed E-state index contributed by atoms with van der Waals surface area (Å²) in [7, 11) is 1.58. The first-order valence-corrected chi connectivity index (χ1v) is 6.30. The molecule has 1 aromatic carbocycles. The van der Waals surface area contributed by atoms with E-state index in [1.54, 1.807) is 19.4 Å². The molecular formula is C16H23N2O+. The zero-order chi connectivity index (χ0) is 14.4. The summed E-state index contributed by atoms with van der Waals surface area (Å²) in [5, 5.41) is 0. The van der Waals surface area contributed by atoms with E-state index in [0.29, 0.717) is 5.88 Å². The summed E-state index contributed by atoms with van der Waals surface area (Å²) in [6.07, 6.45) is 1.72. The Labute approximate surface area is 115 Å². The van der Waals surface area contributed by atoms with Gasteiger partial charge in [-0.25, -0.2) is 5.84 Å². The van der Waals surface area contributed by atoms with Crippen molar-refractivity contribution in [2.75, 3.05) is 13.0 Å². The van der Waals surface area contributed by atoms with Gasteiger partial charge in [0.15, 0.2) is 0 Å². The van der Waals surface area contributed by atoms with Crippen LogP contribution in [0.1, 0.15) is 22.3 Å². The van der Waals surface area contributed by atoms with Crippen LogP contribution in [-0.2, 0) is 0 Å². The van der Waals surface area contributed by atoms with Gasteiger partial charge >= 0.3 is 5.88 Å². The second-order valence-electron chi connectivity index (χ2n) is 4.67. The van der Waals surface area contributed by atoms with E-state index in [1.165, 1.54) is 26.9 Å². The first-order chi connectivity index (χ1) is 8.95. The third-order valence-corrected chi connectivity index (χ3v) is 3.13. The number of methoxy groups -OCH3 is 1. The Morgan fingerprint density at radius 2 is 1.58 bits per heavy atom. The molecule has 0 aliphatic rings. The number of hydrogen-bond donors (Lipinski definition) is 1. The van der Waals surface area contributed by atoms with Crippen molar-refractivity contribution in [2.45, 2.75) is 27.7 Å². The first-order valence-electron chi connectivity index (χ1n) is 6.30. The van der Waals surface area contributed by atoms with E-state index in [0.717, 1.165) is 0 Å². The van der Waals surface area contributed by atoms with Crippen molar-refractivity contribution in [1.82, 2.24) is 0 Å². The Kier molecular flexibility index (Phi) is 5.37. The minimum atomic E-state index is 0.650. The highest BCUT2D eigenvalue weighted by atomic mass is 16.5. The molecule has 3 nitrogen and oxygen atoms in total. The van der Waals surface area contributed by atoms with Gasteiger partial charge in [-0.1, -0.05) is 22.4 Å². The molecule has 2 N–H and O–H groups in total. The highest BCUT2D eigenvalue weighted by molar-refractivity contribution is 5.36. The van der Waals surface area contributed by atoms with Crippen molar-refractivity contribution in [3.63, 3.8) is 0 Å². The zero-order valence-electron chi connectivity index (χ0n) is 12.4. The zero-order valence-corrected chi connectivity index (χ0v) is 12.4. The largest absolute Gasteiger partial charge is 0.446 e. The predicted octanol–water partition coefficient (Wildman–Crippen LogP) is 2.62. The van der Waals surface area contributed by atoms with Crippen LogP contribution in [0, 0.1) is 27.7 Å². The summed E-state index contributed by atoms with van der Waals surface area (Å²) >= 11 is 0. The summed E-state index contributed by atoms with van der Waals surface area (Å²) in [5.74, 6) is 6.07. The number of hydrogen-bond acceptors (Lipinski definition) is 2. The minimum absolute atomic E-state index is 0.650. The van der Waals surface area contributed by atoms with E-state index in [-0.39, 0.29) is 0 Å². The quantitative estimate of drug-likeness (QED) is 0.631. The van der Waals surface area contributed by atoms with Crippen molar-refractivity contribution in [1.29, 1.82) is 0 Å². The molecule has 0 saturated carbocycles. The Balaban J connectivity index is 0.000000191. The SMILES string of the molecule is COc1cccc[n+]1N.Cc1cc(C)c(C)c(C)c1. The number of nitrogens with zero attached hydrogens (tertiary/aromatic N) is 1. The molecule has 0 aliphatic heterocycles. The number of aryl methyl sites for hydroxylation is 3. The molecule has 2 aromatic rings. The van der Waals surface area contributed by atoms with Crippen molar-refractivity contribution in [3.05, 3.63) is 58.8 Å².